The molecule has 3 aromatic carbocycles. The van der Waals surface area contributed by atoms with Crippen LogP contribution in [0.3, 0.4) is 0 Å². The minimum atomic E-state index is -4.42. The summed E-state index contributed by atoms with van der Waals surface area (Å²) >= 11 is 6.34. The number of halogens is 5. The summed E-state index contributed by atoms with van der Waals surface area (Å²) in [6, 6.07) is 21.8. The third-order valence-electron chi connectivity index (χ3n) is 4.17. The van der Waals surface area contributed by atoms with E-state index < -0.39 is 11.7 Å². The van der Waals surface area contributed by atoms with Crippen molar-refractivity contribution in [2.45, 2.75) is 12.6 Å². The minimum absolute atomic E-state index is 0.173. The van der Waals surface area contributed by atoms with Crippen molar-refractivity contribution >= 4 is 43.2 Å². The fourth-order valence-corrected chi connectivity index (χ4v) is 3.15. The molecule has 0 bridgehead atoms. The summed E-state index contributed by atoms with van der Waals surface area (Å²) in [7, 11) is 0. The number of hydrogen-bond donors (Lipinski definition) is 1. The van der Waals surface area contributed by atoms with E-state index in [4.69, 9.17) is 0 Å². The number of alkyl halides is 3. The Morgan fingerprint density at radius 1 is 0.821 bits per heavy atom. The smallest absolute Gasteiger partial charge is 0.356 e. The average molecular weight is 511 g/mol. The minimum Gasteiger partial charge on any atom is -0.356 e. The van der Waals surface area contributed by atoms with Gasteiger partial charge in [0, 0.05) is 11.4 Å². The fourth-order valence-electron chi connectivity index (χ4n) is 2.83. The van der Waals surface area contributed by atoms with E-state index in [1.807, 2.05) is 54.6 Å². The lowest BCUT2D eigenvalue weighted by Crippen LogP contribution is -2.09. The highest BCUT2D eigenvalue weighted by molar-refractivity contribution is 9.28. The van der Waals surface area contributed by atoms with Crippen LogP contribution in [0.15, 0.2) is 82.3 Å². The van der Waals surface area contributed by atoms with Crippen molar-refractivity contribution in [1.29, 1.82) is 0 Å². The molecular formula is C22H16Br2F3N. The highest BCUT2D eigenvalue weighted by Crippen LogP contribution is 2.35. The lowest BCUT2D eigenvalue weighted by atomic mass is 10.0. The Labute approximate surface area is 178 Å². The molecule has 3 rings (SSSR count). The molecule has 0 heterocycles. The van der Waals surface area contributed by atoms with Gasteiger partial charge in [-0.25, -0.2) is 0 Å². The van der Waals surface area contributed by atoms with Crippen LogP contribution in [-0.2, 0) is 12.6 Å². The molecule has 0 fully saturated rings. The van der Waals surface area contributed by atoms with Crippen molar-refractivity contribution in [2.24, 2.45) is 0 Å². The molecule has 1 nitrogen and oxygen atoms in total. The maximum Gasteiger partial charge on any atom is 0.416 e. The zero-order chi connectivity index (χ0) is 20.1. The second-order valence-electron chi connectivity index (χ2n) is 6.14. The van der Waals surface area contributed by atoms with Gasteiger partial charge in [-0.2, -0.15) is 13.2 Å². The first-order chi connectivity index (χ1) is 13.3. The maximum atomic E-state index is 13.5. The van der Waals surface area contributed by atoms with Crippen molar-refractivity contribution in [2.75, 3.05) is 5.32 Å². The molecular weight excluding hydrogens is 495 g/mol. The van der Waals surface area contributed by atoms with Crippen molar-refractivity contribution < 1.29 is 13.2 Å². The van der Waals surface area contributed by atoms with Gasteiger partial charge in [0.1, 0.15) is 0 Å². The molecule has 0 aliphatic heterocycles. The Morgan fingerprint density at radius 2 is 1.43 bits per heavy atom. The second kappa shape index (κ2) is 8.97. The van der Waals surface area contributed by atoms with Gasteiger partial charge in [-0.05, 0) is 79.2 Å². The average Bonchev–Trinajstić information content (AvgIpc) is 2.67. The highest BCUT2D eigenvalue weighted by atomic mass is 79.9. The number of benzene rings is 3. The van der Waals surface area contributed by atoms with E-state index in [-0.39, 0.29) is 12.0 Å². The Bertz CT molecular complexity index is 961. The van der Waals surface area contributed by atoms with Crippen LogP contribution in [0.25, 0.3) is 11.1 Å². The van der Waals surface area contributed by atoms with E-state index in [0.29, 0.717) is 9.08 Å². The van der Waals surface area contributed by atoms with Crippen LogP contribution < -0.4 is 5.32 Å². The normalized spacial score (nSPS) is 11.2. The molecule has 3 aromatic rings. The Morgan fingerprint density at radius 3 is 2.04 bits per heavy atom. The summed E-state index contributed by atoms with van der Waals surface area (Å²) in [5, 5.41) is 3.05. The molecule has 1 N–H and O–H groups in total. The molecule has 0 unspecified atom stereocenters. The fraction of sp³-hybridized carbons (Fsp3) is 0.0909. The number of rotatable bonds is 5. The molecule has 0 aromatic heterocycles. The van der Waals surface area contributed by atoms with Crippen LogP contribution in [0.5, 0.6) is 0 Å². The third kappa shape index (κ3) is 5.49. The van der Waals surface area contributed by atoms with Crippen LogP contribution in [0.1, 0.15) is 11.1 Å². The van der Waals surface area contributed by atoms with Gasteiger partial charge in [-0.3, -0.25) is 0 Å². The topological polar surface area (TPSA) is 12.0 Å². The predicted octanol–water partition coefficient (Wildman–Crippen LogP) is 8.29. The first-order valence-electron chi connectivity index (χ1n) is 8.47. The number of anilines is 2. The molecule has 0 spiro atoms. The maximum absolute atomic E-state index is 13.5. The zero-order valence-electron chi connectivity index (χ0n) is 14.6. The second-order valence-corrected chi connectivity index (χ2v) is 8.91. The van der Waals surface area contributed by atoms with E-state index in [0.717, 1.165) is 22.9 Å². The van der Waals surface area contributed by atoms with Crippen molar-refractivity contribution in [1.82, 2.24) is 0 Å². The van der Waals surface area contributed by atoms with E-state index in [1.54, 1.807) is 12.1 Å². The van der Waals surface area contributed by atoms with E-state index in [9.17, 15) is 13.2 Å². The molecule has 0 saturated carbocycles. The molecule has 0 radical (unpaired) electrons. The van der Waals surface area contributed by atoms with Crippen LogP contribution >= 0.6 is 31.9 Å². The molecule has 28 heavy (non-hydrogen) atoms. The van der Waals surface area contributed by atoms with Gasteiger partial charge in [-0.1, -0.05) is 54.6 Å². The van der Waals surface area contributed by atoms with Gasteiger partial charge < -0.3 is 5.32 Å². The van der Waals surface area contributed by atoms with Crippen LogP contribution in [0.2, 0.25) is 0 Å². The van der Waals surface area contributed by atoms with E-state index in [2.05, 4.69) is 37.2 Å². The molecule has 0 saturated heterocycles. The predicted molar refractivity (Wildman–Crippen MR) is 116 cm³/mol. The van der Waals surface area contributed by atoms with Gasteiger partial charge in [0.25, 0.3) is 0 Å². The van der Waals surface area contributed by atoms with Crippen molar-refractivity contribution in [3.8, 4) is 11.1 Å². The molecule has 144 valence electrons. The number of hydrogen-bond acceptors (Lipinski definition) is 1. The van der Waals surface area contributed by atoms with Crippen LogP contribution in [0.4, 0.5) is 24.5 Å². The van der Waals surface area contributed by atoms with Gasteiger partial charge in [-0.15, -0.1) is 0 Å². The first kappa shape index (κ1) is 20.7. The zero-order valence-corrected chi connectivity index (χ0v) is 17.8. The summed E-state index contributed by atoms with van der Waals surface area (Å²) in [4.78, 5) is 0. The van der Waals surface area contributed by atoms with Crippen molar-refractivity contribution in [3.05, 3.63) is 93.4 Å². The highest BCUT2D eigenvalue weighted by Gasteiger charge is 2.33. The quantitative estimate of drug-likeness (QED) is 0.364. The van der Waals surface area contributed by atoms with E-state index >= 15 is 0 Å². The standard InChI is InChI=1S/C22H16Br2F3N/c23-21(24)13-9-17-8-12-19(14-20(17)22(25,26)27)28-18-10-6-16(7-11-18)15-4-2-1-3-5-15/h1-8,10-14,28H,9H2. The summed E-state index contributed by atoms with van der Waals surface area (Å²) in [5.74, 6) is 0. The van der Waals surface area contributed by atoms with Gasteiger partial charge >= 0.3 is 6.18 Å². The monoisotopic (exact) mass is 509 g/mol. The Kier molecular flexibility index (Phi) is 6.62. The van der Waals surface area contributed by atoms with Gasteiger partial charge in [0.15, 0.2) is 0 Å². The van der Waals surface area contributed by atoms with Crippen LogP contribution in [0, 0.1) is 0 Å². The molecule has 0 aliphatic rings. The summed E-state index contributed by atoms with van der Waals surface area (Å²) in [5.41, 5.74) is 2.83. The SMILES string of the molecule is FC(F)(F)c1cc(Nc2ccc(-c3ccccc3)cc2)ccc1CC=C(Br)Br. The Balaban J connectivity index is 1.83. The van der Waals surface area contributed by atoms with Crippen LogP contribution in [-0.4, -0.2) is 0 Å². The first-order valence-corrected chi connectivity index (χ1v) is 10.1. The molecule has 0 amide bonds. The Hall–Kier alpha value is -2.05. The van der Waals surface area contributed by atoms with Gasteiger partial charge in [0.05, 0.1) is 8.96 Å². The largest absolute Gasteiger partial charge is 0.416 e. The number of allylic oxidation sites excluding steroid dienone is 1. The number of nitrogens with one attached hydrogen (secondary N) is 1. The lowest BCUT2D eigenvalue weighted by molar-refractivity contribution is -0.138. The van der Waals surface area contributed by atoms with Gasteiger partial charge in [0.2, 0.25) is 0 Å². The molecule has 6 heteroatoms. The molecule has 0 atom stereocenters. The van der Waals surface area contributed by atoms with Crippen molar-refractivity contribution in [3.63, 3.8) is 0 Å². The lowest BCUT2D eigenvalue weighted by Gasteiger charge is -2.15. The third-order valence-corrected chi connectivity index (χ3v) is 4.82. The van der Waals surface area contributed by atoms with E-state index in [1.165, 1.54) is 6.07 Å². The summed E-state index contributed by atoms with van der Waals surface area (Å²) < 4.78 is 41.0. The summed E-state index contributed by atoms with van der Waals surface area (Å²) in [6.07, 6.45) is -2.61. The summed E-state index contributed by atoms with van der Waals surface area (Å²) in [6.45, 7) is 0. The molecule has 0 aliphatic carbocycles.